The fourth-order valence-corrected chi connectivity index (χ4v) is 3.51. The Kier molecular flexibility index (Phi) is 3.81. The summed E-state index contributed by atoms with van der Waals surface area (Å²) in [5, 5.41) is 6.17. The topological polar surface area (TPSA) is 24.9 Å². The summed E-state index contributed by atoms with van der Waals surface area (Å²) in [6.07, 6.45) is 6.40. The summed E-state index contributed by atoms with van der Waals surface area (Å²) in [7, 11) is 0. The van der Waals surface area contributed by atoms with Gasteiger partial charge in [-0.2, -0.15) is 11.8 Å². The van der Waals surface area contributed by atoms with E-state index in [4.69, 9.17) is 0 Å². The maximum Gasteiger partial charge on any atom is 0.0346 e. The Morgan fingerprint density at radius 3 is 2.94 bits per heavy atom. The van der Waals surface area contributed by atoms with Crippen molar-refractivity contribution in [3.63, 3.8) is 0 Å². The lowest BCUT2D eigenvalue weighted by atomic mass is 10.1. The number of fused-ring (bicyclic) bond motifs is 1. The Bertz CT molecular complexity index is 521. The Balaban J connectivity index is 1.66. The average Bonchev–Trinajstić information content (AvgIpc) is 2.46. The van der Waals surface area contributed by atoms with Crippen LogP contribution in [0.2, 0.25) is 0 Å². The predicted molar refractivity (Wildman–Crippen MR) is 78.9 cm³/mol. The number of nitrogens with zero attached hydrogens (tertiary/aromatic N) is 1. The zero-order valence-electron chi connectivity index (χ0n) is 10.4. The molecule has 0 aliphatic carbocycles. The van der Waals surface area contributed by atoms with E-state index in [1.165, 1.54) is 40.7 Å². The van der Waals surface area contributed by atoms with Gasteiger partial charge in [0, 0.05) is 30.4 Å². The van der Waals surface area contributed by atoms with Crippen molar-refractivity contribution in [2.24, 2.45) is 0 Å². The molecule has 1 fully saturated rings. The highest BCUT2D eigenvalue weighted by atomic mass is 32.2. The van der Waals surface area contributed by atoms with Gasteiger partial charge in [0.15, 0.2) is 0 Å². The molecule has 1 aliphatic rings. The van der Waals surface area contributed by atoms with Crippen LogP contribution in [0.3, 0.4) is 0 Å². The van der Waals surface area contributed by atoms with E-state index in [1.807, 2.05) is 12.4 Å². The quantitative estimate of drug-likeness (QED) is 0.915. The molecule has 1 aromatic heterocycles. The Morgan fingerprint density at radius 2 is 2.06 bits per heavy atom. The molecule has 0 radical (unpaired) electrons. The fourth-order valence-electron chi connectivity index (χ4n) is 2.41. The van der Waals surface area contributed by atoms with Crippen LogP contribution in [0.1, 0.15) is 18.4 Å². The number of nitrogens with one attached hydrogen (secondary N) is 1. The number of benzene rings is 1. The van der Waals surface area contributed by atoms with Crippen LogP contribution in [-0.2, 0) is 6.54 Å². The van der Waals surface area contributed by atoms with E-state index in [9.17, 15) is 0 Å². The van der Waals surface area contributed by atoms with E-state index < -0.39 is 0 Å². The monoisotopic (exact) mass is 258 g/mol. The Hall–Kier alpha value is -1.06. The molecule has 1 N–H and O–H groups in total. The summed E-state index contributed by atoms with van der Waals surface area (Å²) in [6.45, 7) is 0.980. The van der Waals surface area contributed by atoms with Gasteiger partial charge in [-0.05, 0) is 47.4 Å². The highest BCUT2D eigenvalue weighted by molar-refractivity contribution is 7.99. The van der Waals surface area contributed by atoms with Crippen molar-refractivity contribution in [3.05, 3.63) is 42.2 Å². The highest BCUT2D eigenvalue weighted by Crippen LogP contribution is 2.18. The molecule has 18 heavy (non-hydrogen) atoms. The minimum absolute atomic E-state index is 0.708. The van der Waals surface area contributed by atoms with Crippen LogP contribution < -0.4 is 5.32 Å². The number of rotatable bonds is 3. The molecule has 0 spiro atoms. The first kappa shape index (κ1) is 12.0. The van der Waals surface area contributed by atoms with Crippen LogP contribution in [0.5, 0.6) is 0 Å². The molecule has 0 unspecified atom stereocenters. The van der Waals surface area contributed by atoms with Gasteiger partial charge in [-0.15, -0.1) is 0 Å². The Morgan fingerprint density at radius 1 is 1.17 bits per heavy atom. The first-order chi connectivity index (χ1) is 8.92. The molecule has 2 aromatic rings. The van der Waals surface area contributed by atoms with Crippen LogP contribution in [-0.4, -0.2) is 22.5 Å². The van der Waals surface area contributed by atoms with Crippen molar-refractivity contribution >= 4 is 22.5 Å². The van der Waals surface area contributed by atoms with Gasteiger partial charge < -0.3 is 5.32 Å². The molecule has 1 aliphatic heterocycles. The molecule has 0 atom stereocenters. The molecule has 0 amide bonds. The van der Waals surface area contributed by atoms with Crippen LogP contribution >= 0.6 is 11.8 Å². The lowest BCUT2D eigenvalue weighted by molar-refractivity contribution is 0.482. The van der Waals surface area contributed by atoms with Crippen molar-refractivity contribution in [3.8, 4) is 0 Å². The molecule has 3 heteroatoms. The predicted octanol–water partition coefficient (Wildman–Crippen LogP) is 3.22. The summed E-state index contributed by atoms with van der Waals surface area (Å²) >= 11 is 2.08. The van der Waals surface area contributed by atoms with Crippen molar-refractivity contribution in [1.29, 1.82) is 0 Å². The van der Waals surface area contributed by atoms with E-state index in [0.717, 1.165) is 6.54 Å². The smallest absolute Gasteiger partial charge is 0.0346 e. The molecule has 0 saturated carbocycles. The van der Waals surface area contributed by atoms with Crippen LogP contribution in [0, 0.1) is 0 Å². The second-order valence-corrected chi connectivity index (χ2v) is 6.05. The van der Waals surface area contributed by atoms with Crippen molar-refractivity contribution in [1.82, 2.24) is 10.3 Å². The molecular weight excluding hydrogens is 240 g/mol. The van der Waals surface area contributed by atoms with Crippen molar-refractivity contribution in [2.75, 3.05) is 11.5 Å². The van der Waals surface area contributed by atoms with E-state index in [2.05, 4.69) is 46.3 Å². The average molecular weight is 258 g/mol. The molecule has 2 heterocycles. The first-order valence-electron chi connectivity index (χ1n) is 6.55. The molecular formula is C15H18N2S. The summed E-state index contributed by atoms with van der Waals surface area (Å²) in [5.41, 5.74) is 1.37. The normalized spacial score (nSPS) is 17.1. The zero-order chi connectivity index (χ0) is 12.2. The molecule has 2 nitrogen and oxygen atoms in total. The van der Waals surface area contributed by atoms with Gasteiger partial charge in [0.2, 0.25) is 0 Å². The van der Waals surface area contributed by atoms with Gasteiger partial charge in [0.05, 0.1) is 0 Å². The third-order valence-electron chi connectivity index (χ3n) is 3.52. The van der Waals surface area contributed by atoms with E-state index in [1.54, 1.807) is 0 Å². The molecule has 1 saturated heterocycles. The van der Waals surface area contributed by atoms with Crippen LogP contribution in [0.15, 0.2) is 36.7 Å². The zero-order valence-corrected chi connectivity index (χ0v) is 11.2. The minimum atomic E-state index is 0.708. The third kappa shape index (κ3) is 2.85. The van der Waals surface area contributed by atoms with Gasteiger partial charge in [-0.3, -0.25) is 4.98 Å². The summed E-state index contributed by atoms with van der Waals surface area (Å²) in [4.78, 5) is 4.14. The SMILES string of the molecule is c1cc2cc(CNC3CCSCC3)ccc2cn1. The first-order valence-corrected chi connectivity index (χ1v) is 7.71. The number of pyridine rings is 1. The molecule has 94 valence electrons. The highest BCUT2D eigenvalue weighted by Gasteiger charge is 2.12. The van der Waals surface area contributed by atoms with Crippen molar-refractivity contribution in [2.45, 2.75) is 25.4 Å². The number of thioether (sulfide) groups is 1. The minimum Gasteiger partial charge on any atom is -0.310 e. The van der Waals surface area contributed by atoms with E-state index in [0.29, 0.717) is 6.04 Å². The molecule has 0 bridgehead atoms. The lowest BCUT2D eigenvalue weighted by Gasteiger charge is -2.22. The number of hydrogen-bond donors (Lipinski definition) is 1. The van der Waals surface area contributed by atoms with E-state index in [-0.39, 0.29) is 0 Å². The second kappa shape index (κ2) is 5.72. The number of hydrogen-bond acceptors (Lipinski definition) is 3. The van der Waals surface area contributed by atoms with Gasteiger partial charge in [0.1, 0.15) is 0 Å². The van der Waals surface area contributed by atoms with Gasteiger partial charge in [-0.1, -0.05) is 12.1 Å². The largest absolute Gasteiger partial charge is 0.310 e. The molecule has 1 aromatic carbocycles. The summed E-state index contributed by atoms with van der Waals surface area (Å²) < 4.78 is 0. The second-order valence-electron chi connectivity index (χ2n) is 4.82. The van der Waals surface area contributed by atoms with Crippen molar-refractivity contribution < 1.29 is 0 Å². The standard InChI is InChI=1S/C15H18N2S/c1-2-14-11-16-6-3-13(14)9-12(1)10-17-15-4-7-18-8-5-15/h1-3,6,9,11,15,17H,4-5,7-8,10H2. The van der Waals surface area contributed by atoms with Gasteiger partial charge in [-0.25, -0.2) is 0 Å². The number of aromatic nitrogens is 1. The Labute approximate surface area is 112 Å². The fraction of sp³-hybridized carbons (Fsp3) is 0.400. The summed E-state index contributed by atoms with van der Waals surface area (Å²) in [6, 6.07) is 9.42. The third-order valence-corrected chi connectivity index (χ3v) is 4.57. The maximum atomic E-state index is 4.14. The summed E-state index contributed by atoms with van der Waals surface area (Å²) in [5.74, 6) is 2.61. The van der Waals surface area contributed by atoms with Gasteiger partial charge in [0.25, 0.3) is 0 Å². The maximum absolute atomic E-state index is 4.14. The molecule has 3 rings (SSSR count). The van der Waals surface area contributed by atoms with Crippen LogP contribution in [0.25, 0.3) is 10.8 Å². The van der Waals surface area contributed by atoms with E-state index >= 15 is 0 Å². The van der Waals surface area contributed by atoms with Crippen LogP contribution in [0.4, 0.5) is 0 Å². The van der Waals surface area contributed by atoms with Gasteiger partial charge >= 0.3 is 0 Å². The lowest BCUT2D eigenvalue weighted by Crippen LogP contribution is -2.31.